The summed E-state index contributed by atoms with van der Waals surface area (Å²) in [5.74, 6) is -3.10. The molecule has 2 heterocycles. The Balaban J connectivity index is 1.88. The second kappa shape index (κ2) is 6.58. The van der Waals surface area contributed by atoms with E-state index in [1.807, 2.05) is 0 Å². The molecule has 0 radical (unpaired) electrons. The fraction of sp³-hybridized carbons (Fsp3) is 0.786. The monoisotopic (exact) mass is 352 g/mol. The van der Waals surface area contributed by atoms with E-state index in [0.717, 1.165) is 4.90 Å². The molecule has 0 aliphatic carbocycles. The highest BCUT2D eigenvalue weighted by atomic mass is 19.4. The van der Waals surface area contributed by atoms with Crippen molar-refractivity contribution in [3.8, 4) is 0 Å². The molecule has 2 aliphatic rings. The molecule has 0 spiro atoms. The first-order valence-electron chi connectivity index (χ1n) is 7.59. The van der Waals surface area contributed by atoms with E-state index in [0.29, 0.717) is 12.8 Å². The lowest BCUT2D eigenvalue weighted by Crippen LogP contribution is -2.47. The third-order valence-corrected chi connectivity index (χ3v) is 4.68. The van der Waals surface area contributed by atoms with Crippen LogP contribution < -0.4 is 5.73 Å². The fourth-order valence-corrected chi connectivity index (χ4v) is 3.12. The third kappa shape index (κ3) is 3.47. The number of carboxylic acids is 1. The van der Waals surface area contributed by atoms with E-state index in [9.17, 15) is 27.6 Å². The minimum Gasteiger partial charge on any atom is -0.481 e. The highest BCUT2D eigenvalue weighted by Crippen LogP contribution is 2.45. The Labute approximate surface area is 135 Å². The summed E-state index contributed by atoms with van der Waals surface area (Å²) in [7, 11) is 0. The molecule has 0 bridgehead atoms. The van der Waals surface area contributed by atoms with Gasteiger partial charge in [-0.2, -0.15) is 13.2 Å². The number of ether oxygens (including phenoxy) is 1. The van der Waals surface area contributed by atoms with Gasteiger partial charge >= 0.3 is 12.1 Å². The Morgan fingerprint density at radius 2 is 1.96 bits per heavy atom. The lowest BCUT2D eigenvalue weighted by molar-refractivity contribution is -0.227. The fourth-order valence-electron chi connectivity index (χ4n) is 3.12. The van der Waals surface area contributed by atoms with Gasteiger partial charge in [-0.1, -0.05) is 0 Å². The molecule has 3 atom stereocenters. The van der Waals surface area contributed by atoms with E-state index < -0.39 is 48.4 Å². The topological polar surface area (TPSA) is 110 Å². The molecule has 0 aromatic carbocycles. The molecule has 3 N–H and O–H groups in total. The normalized spacial score (nSPS) is 30.5. The smallest absolute Gasteiger partial charge is 0.406 e. The van der Waals surface area contributed by atoms with E-state index in [4.69, 9.17) is 15.6 Å². The molecule has 10 heteroatoms. The van der Waals surface area contributed by atoms with Gasteiger partial charge in [0.05, 0.1) is 6.10 Å². The number of halogens is 3. The third-order valence-electron chi connectivity index (χ3n) is 4.68. The van der Waals surface area contributed by atoms with E-state index in [1.165, 1.54) is 0 Å². The van der Waals surface area contributed by atoms with E-state index >= 15 is 0 Å². The predicted octanol–water partition coefficient (Wildman–Crippen LogP) is 0.665. The summed E-state index contributed by atoms with van der Waals surface area (Å²) >= 11 is 0. The number of likely N-dealkylation sites (tertiary alicyclic amines) is 1. The number of primary amides is 1. The number of hydrogen-bond donors (Lipinski definition) is 2. The maximum absolute atomic E-state index is 13.1. The molecule has 1 unspecified atom stereocenters. The Morgan fingerprint density at radius 3 is 2.42 bits per heavy atom. The quantitative estimate of drug-likeness (QED) is 0.755. The lowest BCUT2D eigenvalue weighted by atomic mass is 9.86. The summed E-state index contributed by atoms with van der Waals surface area (Å²) in [5.41, 5.74) is 2.21. The van der Waals surface area contributed by atoms with Gasteiger partial charge in [0.2, 0.25) is 11.8 Å². The van der Waals surface area contributed by atoms with Crippen molar-refractivity contribution >= 4 is 17.8 Å². The van der Waals surface area contributed by atoms with Crippen molar-refractivity contribution in [1.82, 2.24) is 4.90 Å². The van der Waals surface area contributed by atoms with Crippen LogP contribution in [0.15, 0.2) is 0 Å². The molecule has 7 nitrogen and oxygen atoms in total. The number of carbonyl (C=O) groups is 3. The van der Waals surface area contributed by atoms with Crippen LogP contribution in [0.4, 0.5) is 13.2 Å². The van der Waals surface area contributed by atoms with Crippen LogP contribution in [-0.2, 0) is 19.1 Å². The van der Waals surface area contributed by atoms with Gasteiger partial charge in [-0.25, -0.2) is 0 Å². The standard InChI is InChI=1S/C14H19F3N2O5/c15-14(16,17)13(12(22)23)5-6-19(7-13)10(20)4-2-8-1-3-9(24-8)11(18)21/h8-9H,1-7H2,(H2,18,21)(H,22,23)/t8-,9+,13?/m1/s1. The number of nitrogens with two attached hydrogens (primary N) is 1. The summed E-state index contributed by atoms with van der Waals surface area (Å²) < 4.78 is 44.6. The average molecular weight is 352 g/mol. The Kier molecular flexibility index (Phi) is 5.07. The van der Waals surface area contributed by atoms with Crippen molar-refractivity contribution < 1.29 is 37.4 Å². The highest BCUT2D eigenvalue weighted by Gasteiger charge is 2.64. The van der Waals surface area contributed by atoms with Crippen LogP contribution >= 0.6 is 0 Å². The van der Waals surface area contributed by atoms with Gasteiger partial charge in [-0.15, -0.1) is 0 Å². The Morgan fingerprint density at radius 1 is 1.29 bits per heavy atom. The van der Waals surface area contributed by atoms with Gasteiger partial charge in [0.25, 0.3) is 0 Å². The molecule has 24 heavy (non-hydrogen) atoms. The maximum Gasteiger partial charge on any atom is 0.406 e. The molecular weight excluding hydrogens is 333 g/mol. The zero-order chi connectivity index (χ0) is 18.1. The molecule has 0 aromatic rings. The molecule has 136 valence electrons. The largest absolute Gasteiger partial charge is 0.481 e. The number of amides is 2. The number of carbonyl (C=O) groups excluding carboxylic acids is 2. The van der Waals surface area contributed by atoms with Crippen LogP contribution in [0.25, 0.3) is 0 Å². The minimum atomic E-state index is -4.92. The summed E-state index contributed by atoms with van der Waals surface area (Å²) in [6, 6.07) is 0. The predicted molar refractivity (Wildman–Crippen MR) is 73.6 cm³/mol. The second-order valence-electron chi connectivity index (χ2n) is 6.22. The van der Waals surface area contributed by atoms with Crippen molar-refractivity contribution in [2.45, 2.75) is 50.5 Å². The number of alkyl halides is 3. The molecule has 2 saturated heterocycles. The number of hydrogen-bond acceptors (Lipinski definition) is 4. The first kappa shape index (κ1) is 18.5. The first-order valence-corrected chi connectivity index (χ1v) is 7.59. The van der Waals surface area contributed by atoms with Gasteiger partial charge < -0.3 is 20.5 Å². The van der Waals surface area contributed by atoms with Gasteiger partial charge in [0.1, 0.15) is 6.10 Å². The van der Waals surface area contributed by atoms with Crippen molar-refractivity contribution in [2.75, 3.05) is 13.1 Å². The molecule has 2 aliphatic heterocycles. The van der Waals surface area contributed by atoms with Gasteiger partial charge in [0.15, 0.2) is 5.41 Å². The van der Waals surface area contributed by atoms with Crippen LogP contribution in [0.5, 0.6) is 0 Å². The van der Waals surface area contributed by atoms with Crippen molar-refractivity contribution in [3.63, 3.8) is 0 Å². The first-order chi connectivity index (χ1) is 11.1. The van der Waals surface area contributed by atoms with Crippen LogP contribution in [0.1, 0.15) is 32.1 Å². The van der Waals surface area contributed by atoms with Gasteiger partial charge in [-0.05, 0) is 25.7 Å². The zero-order valence-corrected chi connectivity index (χ0v) is 12.8. The average Bonchev–Trinajstić information content (AvgIpc) is 3.11. The molecule has 2 fully saturated rings. The Bertz CT molecular complexity index is 539. The minimum absolute atomic E-state index is 0.0658. The number of rotatable bonds is 5. The van der Waals surface area contributed by atoms with Crippen LogP contribution in [0.2, 0.25) is 0 Å². The summed E-state index contributed by atoms with van der Waals surface area (Å²) in [6.07, 6.45) is -5.42. The zero-order valence-electron chi connectivity index (χ0n) is 12.8. The molecule has 0 aromatic heterocycles. The van der Waals surface area contributed by atoms with Crippen molar-refractivity contribution in [1.29, 1.82) is 0 Å². The SMILES string of the molecule is NC(=O)[C@@H]1CC[C@H](CCC(=O)N2CCC(C(=O)O)(C(F)(F)F)C2)O1. The molecule has 0 saturated carbocycles. The second-order valence-corrected chi connectivity index (χ2v) is 6.22. The number of aliphatic carboxylic acids is 1. The summed E-state index contributed by atoms with van der Waals surface area (Å²) in [6.45, 7) is -1.12. The Hall–Kier alpha value is -1.84. The molecular formula is C14H19F3N2O5. The lowest BCUT2D eigenvalue weighted by Gasteiger charge is -2.27. The van der Waals surface area contributed by atoms with Crippen LogP contribution in [0.3, 0.4) is 0 Å². The molecule has 2 amide bonds. The maximum atomic E-state index is 13.1. The van der Waals surface area contributed by atoms with Gasteiger partial charge in [0, 0.05) is 19.5 Å². The van der Waals surface area contributed by atoms with Crippen LogP contribution in [0, 0.1) is 5.41 Å². The van der Waals surface area contributed by atoms with E-state index in [2.05, 4.69) is 0 Å². The van der Waals surface area contributed by atoms with E-state index in [1.54, 1.807) is 0 Å². The van der Waals surface area contributed by atoms with Gasteiger partial charge in [-0.3, -0.25) is 14.4 Å². The van der Waals surface area contributed by atoms with Crippen molar-refractivity contribution in [2.24, 2.45) is 11.1 Å². The van der Waals surface area contributed by atoms with Crippen LogP contribution in [-0.4, -0.2) is 59.3 Å². The highest BCUT2D eigenvalue weighted by molar-refractivity contribution is 5.81. The summed E-state index contributed by atoms with van der Waals surface area (Å²) in [5, 5.41) is 8.96. The molecule has 2 rings (SSSR count). The van der Waals surface area contributed by atoms with E-state index in [-0.39, 0.29) is 25.5 Å². The summed E-state index contributed by atoms with van der Waals surface area (Å²) in [4.78, 5) is 35.1. The van der Waals surface area contributed by atoms with Crippen molar-refractivity contribution in [3.05, 3.63) is 0 Å². The number of nitrogens with zero attached hydrogens (tertiary/aromatic N) is 1. The number of carboxylic acid groups (broad SMARTS) is 1.